The summed E-state index contributed by atoms with van der Waals surface area (Å²) in [6.07, 6.45) is 0. The molecule has 0 spiro atoms. The Kier molecular flexibility index (Phi) is 4.84. The first-order valence-electron chi connectivity index (χ1n) is 7.74. The van der Waals surface area contributed by atoms with Crippen molar-refractivity contribution >= 4 is 17.7 Å². The topological polar surface area (TPSA) is 20.3 Å². The molecule has 1 heterocycles. The van der Waals surface area contributed by atoms with E-state index in [0.29, 0.717) is 11.8 Å². The highest BCUT2D eigenvalue weighted by molar-refractivity contribution is 7.99. The van der Waals surface area contributed by atoms with Crippen LogP contribution in [0.3, 0.4) is 0 Å². The van der Waals surface area contributed by atoms with Crippen LogP contribution in [0.25, 0.3) is 0 Å². The van der Waals surface area contributed by atoms with Crippen LogP contribution < -0.4 is 0 Å². The van der Waals surface area contributed by atoms with Crippen molar-refractivity contribution in [2.75, 3.05) is 12.3 Å². The van der Waals surface area contributed by atoms with Crippen molar-refractivity contribution in [3.63, 3.8) is 0 Å². The van der Waals surface area contributed by atoms with E-state index in [2.05, 4.69) is 43.3 Å². The summed E-state index contributed by atoms with van der Waals surface area (Å²) in [5.41, 5.74) is 1.21. The van der Waals surface area contributed by atoms with Gasteiger partial charge in [-0.3, -0.25) is 4.79 Å². The number of rotatable bonds is 5. The number of hydrogen-bond acceptors (Lipinski definition) is 2. The van der Waals surface area contributed by atoms with Gasteiger partial charge in [-0.05, 0) is 23.6 Å². The first-order valence-corrected chi connectivity index (χ1v) is 8.73. The lowest BCUT2D eigenvalue weighted by atomic mass is 10.0. The van der Waals surface area contributed by atoms with Gasteiger partial charge in [-0.15, -0.1) is 11.8 Å². The molecule has 0 radical (unpaired) electrons. The minimum Gasteiger partial charge on any atom is -0.338 e. The third kappa shape index (κ3) is 3.53. The number of carbonyl (C=O) groups excluding carboxylic acids is 1. The Balaban J connectivity index is 1.59. The van der Waals surface area contributed by atoms with Gasteiger partial charge in [0.25, 0.3) is 0 Å². The highest BCUT2D eigenvalue weighted by Gasteiger charge is 2.36. The van der Waals surface area contributed by atoms with Gasteiger partial charge in [0.2, 0.25) is 5.91 Å². The molecule has 0 aromatic heterocycles. The fraction of sp³-hybridized carbons (Fsp3) is 0.316. The zero-order valence-electron chi connectivity index (χ0n) is 12.8. The molecule has 114 valence electrons. The smallest absolute Gasteiger partial charge is 0.226 e. The minimum atomic E-state index is 0.125. The summed E-state index contributed by atoms with van der Waals surface area (Å²) in [5, 5.41) is 0. The van der Waals surface area contributed by atoms with E-state index in [0.717, 1.165) is 18.8 Å². The molecule has 3 heteroatoms. The summed E-state index contributed by atoms with van der Waals surface area (Å²) in [6, 6.07) is 20.7. The largest absolute Gasteiger partial charge is 0.338 e. The Bertz CT molecular complexity index is 614. The average molecular weight is 311 g/mol. The molecular formula is C19H21NOS. The summed E-state index contributed by atoms with van der Waals surface area (Å²) in [7, 11) is 0. The third-order valence-corrected chi connectivity index (χ3v) is 5.49. The lowest BCUT2D eigenvalue weighted by Gasteiger charge is -2.16. The lowest BCUT2D eigenvalue weighted by molar-refractivity contribution is -0.131. The van der Waals surface area contributed by atoms with Crippen molar-refractivity contribution in [2.45, 2.75) is 18.4 Å². The Hall–Kier alpha value is -1.74. The zero-order chi connectivity index (χ0) is 15.4. The number of carbonyl (C=O) groups is 1. The molecule has 1 amide bonds. The van der Waals surface area contributed by atoms with Gasteiger partial charge >= 0.3 is 0 Å². The Morgan fingerprint density at radius 3 is 2.36 bits per heavy atom. The van der Waals surface area contributed by atoms with E-state index in [4.69, 9.17) is 0 Å². The summed E-state index contributed by atoms with van der Waals surface area (Å²) in [4.78, 5) is 15.7. The second kappa shape index (κ2) is 7.01. The van der Waals surface area contributed by atoms with Gasteiger partial charge < -0.3 is 4.90 Å². The predicted octanol–water partition coefficient (Wildman–Crippen LogP) is 4.07. The predicted molar refractivity (Wildman–Crippen MR) is 91.7 cm³/mol. The molecule has 0 bridgehead atoms. The van der Waals surface area contributed by atoms with Crippen molar-refractivity contribution < 1.29 is 4.79 Å². The van der Waals surface area contributed by atoms with Crippen LogP contribution in [0.2, 0.25) is 0 Å². The Labute approximate surface area is 136 Å². The monoisotopic (exact) mass is 311 g/mol. The second-order valence-electron chi connectivity index (χ2n) is 5.88. The van der Waals surface area contributed by atoms with E-state index < -0.39 is 0 Å². The Morgan fingerprint density at radius 2 is 1.68 bits per heavy atom. The first-order chi connectivity index (χ1) is 10.7. The van der Waals surface area contributed by atoms with Crippen LogP contribution in [0.5, 0.6) is 0 Å². The van der Waals surface area contributed by atoms with E-state index in [9.17, 15) is 4.79 Å². The zero-order valence-corrected chi connectivity index (χ0v) is 13.6. The molecule has 1 saturated heterocycles. The van der Waals surface area contributed by atoms with Crippen molar-refractivity contribution in [2.24, 2.45) is 11.8 Å². The van der Waals surface area contributed by atoms with Crippen molar-refractivity contribution in [1.82, 2.24) is 4.90 Å². The number of likely N-dealkylation sites (tertiary alicyclic amines) is 1. The van der Waals surface area contributed by atoms with Crippen LogP contribution in [0.1, 0.15) is 12.5 Å². The number of amides is 1. The van der Waals surface area contributed by atoms with Crippen LogP contribution >= 0.6 is 11.8 Å². The van der Waals surface area contributed by atoms with Gasteiger partial charge in [0.1, 0.15) is 0 Å². The van der Waals surface area contributed by atoms with Crippen LogP contribution in [-0.2, 0) is 11.3 Å². The first kappa shape index (κ1) is 15.2. The van der Waals surface area contributed by atoms with Gasteiger partial charge in [-0.25, -0.2) is 0 Å². The highest BCUT2D eigenvalue weighted by atomic mass is 32.2. The SMILES string of the molecule is C[C@@H]1C(=O)N(Cc2ccccc2)C[C@H]1CSc1ccccc1. The van der Waals surface area contributed by atoms with Crippen LogP contribution in [0.4, 0.5) is 0 Å². The quantitative estimate of drug-likeness (QED) is 0.776. The fourth-order valence-corrected chi connectivity index (χ4v) is 4.03. The third-order valence-electron chi connectivity index (χ3n) is 4.29. The van der Waals surface area contributed by atoms with Crippen LogP contribution in [0.15, 0.2) is 65.6 Å². The maximum absolute atomic E-state index is 12.4. The molecule has 0 saturated carbocycles. The standard InChI is InChI=1S/C19H21NOS/c1-15-17(14-22-18-10-6-3-7-11-18)13-20(19(15)21)12-16-8-4-2-5-9-16/h2-11,15,17H,12-14H2,1H3/t15-,17-/m0/s1. The van der Waals surface area contributed by atoms with Gasteiger partial charge in [-0.2, -0.15) is 0 Å². The summed E-state index contributed by atoms with van der Waals surface area (Å²) >= 11 is 1.85. The van der Waals surface area contributed by atoms with E-state index in [-0.39, 0.29) is 5.92 Å². The molecule has 2 atom stereocenters. The average Bonchev–Trinajstić information content (AvgIpc) is 2.83. The van der Waals surface area contributed by atoms with E-state index in [1.54, 1.807) is 0 Å². The maximum Gasteiger partial charge on any atom is 0.226 e. The van der Waals surface area contributed by atoms with E-state index >= 15 is 0 Å². The summed E-state index contributed by atoms with van der Waals surface area (Å²) in [6.45, 7) is 3.68. The Morgan fingerprint density at radius 1 is 1.05 bits per heavy atom. The molecule has 22 heavy (non-hydrogen) atoms. The molecule has 2 nitrogen and oxygen atoms in total. The molecule has 1 aliphatic heterocycles. The van der Waals surface area contributed by atoms with Crippen LogP contribution in [-0.4, -0.2) is 23.1 Å². The van der Waals surface area contributed by atoms with Crippen molar-refractivity contribution in [3.05, 3.63) is 66.2 Å². The number of thioether (sulfide) groups is 1. The molecule has 1 fully saturated rings. The van der Waals surface area contributed by atoms with Crippen LogP contribution in [0, 0.1) is 11.8 Å². The molecule has 0 aliphatic carbocycles. The van der Waals surface area contributed by atoms with Crippen molar-refractivity contribution in [3.8, 4) is 0 Å². The number of benzene rings is 2. The highest BCUT2D eigenvalue weighted by Crippen LogP contribution is 2.31. The minimum absolute atomic E-state index is 0.125. The second-order valence-corrected chi connectivity index (χ2v) is 6.97. The summed E-state index contributed by atoms with van der Waals surface area (Å²) in [5.74, 6) is 1.85. The molecule has 0 unspecified atom stereocenters. The van der Waals surface area contributed by atoms with E-state index in [1.807, 2.05) is 40.9 Å². The molecule has 2 aromatic carbocycles. The molecule has 0 N–H and O–H groups in total. The molecule has 3 rings (SSSR count). The van der Waals surface area contributed by atoms with Gasteiger partial charge in [0.15, 0.2) is 0 Å². The van der Waals surface area contributed by atoms with Gasteiger partial charge in [0, 0.05) is 29.7 Å². The maximum atomic E-state index is 12.4. The number of hydrogen-bond donors (Lipinski definition) is 0. The number of nitrogens with zero attached hydrogens (tertiary/aromatic N) is 1. The van der Waals surface area contributed by atoms with E-state index in [1.165, 1.54) is 10.5 Å². The fourth-order valence-electron chi connectivity index (χ4n) is 2.88. The molecular weight excluding hydrogens is 290 g/mol. The van der Waals surface area contributed by atoms with Gasteiger partial charge in [0.05, 0.1) is 0 Å². The van der Waals surface area contributed by atoms with Crippen molar-refractivity contribution in [1.29, 1.82) is 0 Å². The summed E-state index contributed by atoms with van der Waals surface area (Å²) < 4.78 is 0. The lowest BCUT2D eigenvalue weighted by Crippen LogP contribution is -2.26. The van der Waals surface area contributed by atoms with Gasteiger partial charge in [-0.1, -0.05) is 55.5 Å². The molecule has 2 aromatic rings. The molecule has 1 aliphatic rings. The normalized spacial score (nSPS) is 21.3.